The molecule has 3 unspecified atom stereocenters. The molecule has 7 heteroatoms. The Morgan fingerprint density at radius 3 is 3.11 bits per heavy atom. The average Bonchev–Trinajstić information content (AvgIpc) is 3.39. The number of carbonyl (C=O) groups excluding carboxylic acids is 1. The zero-order valence-electron chi connectivity index (χ0n) is 16.1. The summed E-state index contributed by atoms with van der Waals surface area (Å²) in [5.74, 6) is 0.547. The van der Waals surface area contributed by atoms with Crippen LogP contribution in [0.25, 0.3) is 0 Å². The van der Waals surface area contributed by atoms with Crippen LogP contribution in [-0.4, -0.2) is 47.5 Å². The second kappa shape index (κ2) is 9.32. The van der Waals surface area contributed by atoms with E-state index in [0.717, 1.165) is 32.0 Å². The van der Waals surface area contributed by atoms with Crippen molar-refractivity contribution in [2.24, 2.45) is 5.92 Å². The number of amides is 1. The Balaban J connectivity index is 1.30. The number of nitrogens with one attached hydrogen (secondary N) is 3. The third-order valence-corrected chi connectivity index (χ3v) is 5.68. The van der Waals surface area contributed by atoms with Crippen LogP contribution in [0.1, 0.15) is 24.8 Å². The van der Waals surface area contributed by atoms with E-state index < -0.39 is 0 Å². The highest BCUT2D eigenvalue weighted by Gasteiger charge is 2.34. The second-order valence-electron chi connectivity index (χ2n) is 7.67. The van der Waals surface area contributed by atoms with Crippen molar-refractivity contribution >= 4 is 11.6 Å². The molecule has 28 heavy (non-hydrogen) atoms. The molecule has 2 fully saturated rings. The average molecular weight is 383 g/mol. The van der Waals surface area contributed by atoms with Crippen molar-refractivity contribution in [2.45, 2.75) is 44.4 Å². The molecule has 2 aliphatic rings. The first-order valence-electron chi connectivity index (χ1n) is 10.2. The summed E-state index contributed by atoms with van der Waals surface area (Å²) in [5.41, 5.74) is 2.00. The number of ether oxygens (including phenoxy) is 1. The summed E-state index contributed by atoms with van der Waals surface area (Å²) in [6, 6.07) is 10.8. The topological polar surface area (TPSA) is 80.2 Å². The number of anilines is 1. The van der Waals surface area contributed by atoms with Crippen LogP contribution < -0.4 is 16.0 Å². The maximum atomic E-state index is 12.2. The Labute approximate surface area is 165 Å². The van der Waals surface area contributed by atoms with Crippen LogP contribution in [0.5, 0.6) is 0 Å². The molecule has 2 heterocycles. The third kappa shape index (κ3) is 4.98. The van der Waals surface area contributed by atoms with E-state index in [-0.39, 0.29) is 12.5 Å². The monoisotopic (exact) mass is 383 g/mol. The fourth-order valence-corrected chi connectivity index (χ4v) is 4.33. The van der Waals surface area contributed by atoms with Gasteiger partial charge in [-0.25, -0.2) is 0 Å². The van der Waals surface area contributed by atoms with E-state index in [2.05, 4.69) is 27.1 Å². The van der Waals surface area contributed by atoms with Gasteiger partial charge in [0, 0.05) is 43.3 Å². The molecule has 150 valence electrons. The summed E-state index contributed by atoms with van der Waals surface area (Å²) in [4.78, 5) is 12.2. The molecule has 1 aliphatic carbocycles. The molecule has 1 saturated carbocycles. The summed E-state index contributed by atoms with van der Waals surface area (Å²) in [6.45, 7) is 3.61. The quantitative estimate of drug-likeness (QED) is 0.679. The molecular weight excluding hydrogens is 354 g/mol. The first-order chi connectivity index (χ1) is 13.8. The number of rotatable bonds is 7. The van der Waals surface area contributed by atoms with E-state index in [1.807, 2.05) is 24.3 Å². The maximum Gasteiger partial charge on any atom is 0.246 e. The zero-order chi connectivity index (χ0) is 19.2. The lowest BCUT2D eigenvalue weighted by Crippen LogP contribution is -2.50. The lowest BCUT2D eigenvalue weighted by Gasteiger charge is -2.33. The minimum Gasteiger partial charge on any atom is -0.379 e. The van der Waals surface area contributed by atoms with Gasteiger partial charge in [-0.3, -0.25) is 9.48 Å². The molecule has 3 atom stereocenters. The molecule has 1 amide bonds. The normalized spacial score (nSPS) is 24.9. The van der Waals surface area contributed by atoms with Gasteiger partial charge >= 0.3 is 0 Å². The molecule has 7 nitrogen and oxygen atoms in total. The lowest BCUT2D eigenvalue weighted by atomic mass is 9.94. The molecule has 1 aromatic carbocycles. The van der Waals surface area contributed by atoms with Gasteiger partial charge in [0.25, 0.3) is 0 Å². The summed E-state index contributed by atoms with van der Waals surface area (Å²) in [6.07, 6.45) is 7.18. The zero-order valence-corrected chi connectivity index (χ0v) is 16.1. The van der Waals surface area contributed by atoms with Crippen LogP contribution in [0.3, 0.4) is 0 Å². The van der Waals surface area contributed by atoms with Crippen molar-refractivity contribution < 1.29 is 9.53 Å². The van der Waals surface area contributed by atoms with Gasteiger partial charge in [0.2, 0.25) is 5.91 Å². The maximum absolute atomic E-state index is 12.2. The Morgan fingerprint density at radius 1 is 1.32 bits per heavy atom. The predicted molar refractivity (Wildman–Crippen MR) is 108 cm³/mol. The number of aromatic nitrogens is 2. The van der Waals surface area contributed by atoms with Gasteiger partial charge in [0.15, 0.2) is 0 Å². The van der Waals surface area contributed by atoms with Crippen LogP contribution >= 0.6 is 0 Å². The van der Waals surface area contributed by atoms with E-state index >= 15 is 0 Å². The summed E-state index contributed by atoms with van der Waals surface area (Å²) >= 11 is 0. The van der Waals surface area contributed by atoms with E-state index in [1.165, 1.54) is 24.8 Å². The van der Waals surface area contributed by atoms with Crippen molar-refractivity contribution in [3.8, 4) is 0 Å². The predicted octanol–water partition coefficient (Wildman–Crippen LogP) is 1.77. The number of nitrogens with zero attached hydrogens (tertiary/aromatic N) is 2. The minimum atomic E-state index is -0.0759. The van der Waals surface area contributed by atoms with Gasteiger partial charge < -0.3 is 20.7 Å². The third-order valence-electron chi connectivity index (χ3n) is 5.68. The molecule has 0 spiro atoms. The standard InChI is InChI=1S/C21H29N5O2/c27-21(14-26-10-3-8-24-26)25-17-5-1-4-16(12-17)13-23-19-7-2-6-18(19)20-15-28-11-9-22-20/h1,3-5,8,10,12,18-20,22-23H,2,6-7,9,11,13-15H2,(H,25,27). The number of morpholine rings is 1. The van der Waals surface area contributed by atoms with Crippen LogP contribution in [-0.2, 0) is 22.6 Å². The van der Waals surface area contributed by atoms with E-state index in [9.17, 15) is 4.79 Å². The minimum absolute atomic E-state index is 0.0759. The highest BCUT2D eigenvalue weighted by Crippen LogP contribution is 2.29. The van der Waals surface area contributed by atoms with Crippen LogP contribution in [0.2, 0.25) is 0 Å². The molecule has 0 radical (unpaired) electrons. The van der Waals surface area contributed by atoms with Gasteiger partial charge in [0.05, 0.1) is 13.2 Å². The van der Waals surface area contributed by atoms with Crippen LogP contribution in [0, 0.1) is 5.92 Å². The first kappa shape index (κ1) is 19.1. The van der Waals surface area contributed by atoms with Crippen molar-refractivity contribution in [1.82, 2.24) is 20.4 Å². The summed E-state index contributed by atoms with van der Waals surface area (Å²) in [7, 11) is 0. The molecule has 2 aromatic rings. The van der Waals surface area contributed by atoms with E-state index in [1.54, 1.807) is 17.1 Å². The first-order valence-corrected chi connectivity index (χ1v) is 10.2. The molecule has 1 aliphatic heterocycles. The Hall–Kier alpha value is -2.22. The smallest absolute Gasteiger partial charge is 0.246 e. The number of hydrogen-bond donors (Lipinski definition) is 3. The van der Waals surface area contributed by atoms with Gasteiger partial charge in [-0.05, 0) is 42.5 Å². The number of carbonyl (C=O) groups is 1. The SMILES string of the molecule is O=C(Cn1cccn1)Nc1cccc(CNC2CCCC2C2COCCN2)c1. The van der Waals surface area contributed by atoms with Crippen molar-refractivity contribution in [3.05, 3.63) is 48.3 Å². The fraction of sp³-hybridized carbons (Fsp3) is 0.524. The largest absolute Gasteiger partial charge is 0.379 e. The number of benzene rings is 1. The van der Waals surface area contributed by atoms with Crippen molar-refractivity contribution in [1.29, 1.82) is 0 Å². The van der Waals surface area contributed by atoms with Gasteiger partial charge in [0.1, 0.15) is 6.54 Å². The van der Waals surface area contributed by atoms with Crippen LogP contribution in [0.4, 0.5) is 5.69 Å². The molecule has 4 rings (SSSR count). The van der Waals surface area contributed by atoms with E-state index in [4.69, 9.17) is 4.74 Å². The van der Waals surface area contributed by atoms with Crippen LogP contribution in [0.15, 0.2) is 42.7 Å². The summed E-state index contributed by atoms with van der Waals surface area (Å²) in [5, 5.41) is 14.4. The van der Waals surface area contributed by atoms with Gasteiger partial charge in [-0.15, -0.1) is 0 Å². The van der Waals surface area contributed by atoms with E-state index in [0.29, 0.717) is 18.0 Å². The Bertz CT molecular complexity index is 758. The Morgan fingerprint density at radius 2 is 2.29 bits per heavy atom. The highest BCUT2D eigenvalue weighted by molar-refractivity contribution is 5.90. The molecular formula is C21H29N5O2. The summed E-state index contributed by atoms with van der Waals surface area (Å²) < 4.78 is 7.27. The number of hydrogen-bond acceptors (Lipinski definition) is 5. The fourth-order valence-electron chi connectivity index (χ4n) is 4.33. The molecule has 1 aromatic heterocycles. The second-order valence-corrected chi connectivity index (χ2v) is 7.67. The molecule has 0 bridgehead atoms. The van der Waals surface area contributed by atoms with Crippen molar-refractivity contribution in [2.75, 3.05) is 25.1 Å². The van der Waals surface area contributed by atoms with Gasteiger partial charge in [-0.2, -0.15) is 5.10 Å². The Kier molecular flexibility index (Phi) is 6.36. The highest BCUT2D eigenvalue weighted by atomic mass is 16.5. The lowest BCUT2D eigenvalue weighted by molar-refractivity contribution is -0.116. The van der Waals surface area contributed by atoms with Gasteiger partial charge in [-0.1, -0.05) is 18.6 Å². The molecule has 1 saturated heterocycles. The molecule has 3 N–H and O–H groups in total. The van der Waals surface area contributed by atoms with Crippen molar-refractivity contribution in [3.63, 3.8) is 0 Å².